The number of nitrogens with one attached hydrogen (secondary N) is 1. The molecule has 2 rings (SSSR count). The van der Waals surface area contributed by atoms with Crippen molar-refractivity contribution in [2.75, 3.05) is 0 Å². The zero-order valence-electron chi connectivity index (χ0n) is 5.94. The van der Waals surface area contributed by atoms with E-state index in [1.807, 2.05) is 6.07 Å². The van der Waals surface area contributed by atoms with Crippen LogP contribution >= 0.6 is 27.5 Å². The van der Waals surface area contributed by atoms with Crippen molar-refractivity contribution in [1.82, 2.24) is 4.98 Å². The van der Waals surface area contributed by atoms with Gasteiger partial charge in [-0.3, -0.25) is 0 Å². The normalized spacial score (nSPS) is 10.8. The molecule has 0 aliphatic heterocycles. The lowest BCUT2D eigenvalue weighted by molar-refractivity contribution is 0.473. The highest BCUT2D eigenvalue weighted by Crippen LogP contribution is 2.37. The first-order chi connectivity index (χ1) is 5.70. The van der Waals surface area contributed by atoms with Gasteiger partial charge >= 0.3 is 0 Å². The first-order valence-electron chi connectivity index (χ1n) is 3.34. The van der Waals surface area contributed by atoms with Crippen LogP contribution in [0.2, 0.25) is 5.02 Å². The number of aromatic nitrogens is 1. The summed E-state index contributed by atoms with van der Waals surface area (Å²) in [7, 11) is 0. The summed E-state index contributed by atoms with van der Waals surface area (Å²) >= 11 is 9.00. The number of hydrogen-bond donors (Lipinski definition) is 2. The number of phenolic OH excluding ortho intramolecular Hbond substituents is 1. The molecule has 1 heterocycles. The molecule has 0 bridgehead atoms. The van der Waals surface area contributed by atoms with Gasteiger partial charge in [-0.15, -0.1) is 0 Å². The zero-order valence-corrected chi connectivity index (χ0v) is 8.28. The number of H-pyrrole nitrogens is 1. The molecule has 4 heteroatoms. The summed E-state index contributed by atoms with van der Waals surface area (Å²) in [6.07, 6.45) is 1.80. The van der Waals surface area contributed by atoms with E-state index in [1.165, 1.54) is 0 Å². The molecule has 2 N–H and O–H groups in total. The first kappa shape index (κ1) is 7.95. The Balaban J connectivity index is 2.94. The maximum Gasteiger partial charge on any atom is 0.150 e. The van der Waals surface area contributed by atoms with Gasteiger partial charge in [-0.1, -0.05) is 11.6 Å². The average Bonchev–Trinajstić information content (AvgIpc) is 2.48. The molecular formula is C8H5BrClNO. The molecule has 0 unspecified atom stereocenters. The molecule has 0 saturated heterocycles. The zero-order chi connectivity index (χ0) is 8.72. The summed E-state index contributed by atoms with van der Waals surface area (Å²) in [5.74, 6) is 0.0756. The van der Waals surface area contributed by atoms with Crippen molar-refractivity contribution in [3.63, 3.8) is 0 Å². The molecule has 62 valence electrons. The Bertz CT molecular complexity index is 438. The molecule has 0 spiro atoms. The summed E-state index contributed by atoms with van der Waals surface area (Å²) in [4.78, 5) is 2.99. The molecular weight excluding hydrogens is 241 g/mol. The maximum absolute atomic E-state index is 9.42. The highest BCUT2D eigenvalue weighted by atomic mass is 79.9. The SMILES string of the molecule is Oc1c(Cl)cc2cc[nH]c2c1Br. The monoisotopic (exact) mass is 245 g/mol. The second kappa shape index (κ2) is 2.68. The second-order valence-electron chi connectivity index (χ2n) is 2.46. The van der Waals surface area contributed by atoms with E-state index < -0.39 is 0 Å². The van der Waals surface area contributed by atoms with Crippen LogP contribution < -0.4 is 0 Å². The van der Waals surface area contributed by atoms with Gasteiger partial charge in [0.05, 0.1) is 15.0 Å². The molecule has 0 aliphatic carbocycles. The van der Waals surface area contributed by atoms with E-state index in [1.54, 1.807) is 12.3 Å². The lowest BCUT2D eigenvalue weighted by Crippen LogP contribution is -1.74. The van der Waals surface area contributed by atoms with E-state index in [4.69, 9.17) is 11.6 Å². The molecule has 0 aliphatic rings. The van der Waals surface area contributed by atoms with Crippen LogP contribution in [0.4, 0.5) is 0 Å². The Morgan fingerprint density at radius 3 is 3.00 bits per heavy atom. The second-order valence-corrected chi connectivity index (χ2v) is 3.66. The fourth-order valence-corrected chi connectivity index (χ4v) is 2.00. The van der Waals surface area contributed by atoms with E-state index in [0.717, 1.165) is 10.9 Å². The summed E-state index contributed by atoms with van der Waals surface area (Å²) in [6, 6.07) is 3.61. The number of aromatic amines is 1. The molecule has 2 aromatic rings. The van der Waals surface area contributed by atoms with Crippen LogP contribution in [-0.4, -0.2) is 10.1 Å². The molecule has 12 heavy (non-hydrogen) atoms. The van der Waals surface area contributed by atoms with Gasteiger partial charge < -0.3 is 10.1 Å². The maximum atomic E-state index is 9.42. The first-order valence-corrected chi connectivity index (χ1v) is 4.51. The van der Waals surface area contributed by atoms with Crippen molar-refractivity contribution in [2.45, 2.75) is 0 Å². The fourth-order valence-electron chi connectivity index (χ4n) is 1.12. The predicted molar refractivity (Wildman–Crippen MR) is 52.7 cm³/mol. The van der Waals surface area contributed by atoms with Crippen LogP contribution in [0.15, 0.2) is 22.8 Å². The Morgan fingerprint density at radius 1 is 1.50 bits per heavy atom. The Labute approximate surface area is 82.3 Å². The third kappa shape index (κ3) is 1.01. The Hall–Kier alpha value is -0.670. The van der Waals surface area contributed by atoms with E-state index in [2.05, 4.69) is 20.9 Å². The van der Waals surface area contributed by atoms with Crippen molar-refractivity contribution in [3.8, 4) is 5.75 Å². The third-order valence-corrected chi connectivity index (χ3v) is 2.78. The number of benzene rings is 1. The number of aromatic hydroxyl groups is 1. The number of phenols is 1. The lowest BCUT2D eigenvalue weighted by Gasteiger charge is -2.00. The van der Waals surface area contributed by atoms with Crippen molar-refractivity contribution in [2.24, 2.45) is 0 Å². The van der Waals surface area contributed by atoms with Gasteiger partial charge in [-0.25, -0.2) is 0 Å². The fraction of sp³-hybridized carbons (Fsp3) is 0. The van der Waals surface area contributed by atoms with Crippen molar-refractivity contribution in [3.05, 3.63) is 27.8 Å². The quantitative estimate of drug-likeness (QED) is 0.735. The Morgan fingerprint density at radius 2 is 2.25 bits per heavy atom. The summed E-state index contributed by atoms with van der Waals surface area (Å²) in [5.41, 5.74) is 0.858. The van der Waals surface area contributed by atoms with Gasteiger partial charge in [0.15, 0.2) is 0 Å². The van der Waals surface area contributed by atoms with E-state index in [0.29, 0.717) is 9.50 Å². The van der Waals surface area contributed by atoms with Crippen molar-refractivity contribution in [1.29, 1.82) is 0 Å². The largest absolute Gasteiger partial charge is 0.505 e. The lowest BCUT2D eigenvalue weighted by atomic mass is 10.2. The van der Waals surface area contributed by atoms with Gasteiger partial charge in [0.1, 0.15) is 5.75 Å². The molecule has 2 nitrogen and oxygen atoms in total. The molecule has 0 fully saturated rings. The van der Waals surface area contributed by atoms with Crippen LogP contribution in [0.25, 0.3) is 10.9 Å². The van der Waals surface area contributed by atoms with Gasteiger partial charge in [-0.2, -0.15) is 0 Å². The van der Waals surface area contributed by atoms with Gasteiger partial charge in [0.25, 0.3) is 0 Å². The summed E-state index contributed by atoms with van der Waals surface area (Å²) < 4.78 is 0.606. The number of rotatable bonds is 0. The van der Waals surface area contributed by atoms with Crippen LogP contribution in [0.5, 0.6) is 5.75 Å². The van der Waals surface area contributed by atoms with Gasteiger partial charge in [0, 0.05) is 11.6 Å². The summed E-state index contributed by atoms with van der Waals surface area (Å²) in [5, 5.41) is 10.8. The number of fused-ring (bicyclic) bond motifs is 1. The van der Waals surface area contributed by atoms with E-state index in [-0.39, 0.29) is 5.75 Å². The molecule has 0 radical (unpaired) electrons. The average molecular weight is 246 g/mol. The minimum absolute atomic E-state index is 0.0756. The molecule has 0 amide bonds. The summed E-state index contributed by atoms with van der Waals surface area (Å²) in [6.45, 7) is 0. The highest BCUT2D eigenvalue weighted by molar-refractivity contribution is 9.10. The molecule has 1 aromatic carbocycles. The number of hydrogen-bond acceptors (Lipinski definition) is 1. The molecule has 0 saturated carbocycles. The topological polar surface area (TPSA) is 36.0 Å². The van der Waals surface area contributed by atoms with Gasteiger partial charge in [0.2, 0.25) is 0 Å². The van der Waals surface area contributed by atoms with Crippen LogP contribution in [0.3, 0.4) is 0 Å². The third-order valence-electron chi connectivity index (χ3n) is 1.72. The Kier molecular flexibility index (Phi) is 1.77. The van der Waals surface area contributed by atoms with Crippen molar-refractivity contribution >= 4 is 38.4 Å². The van der Waals surface area contributed by atoms with Crippen LogP contribution in [0.1, 0.15) is 0 Å². The molecule has 0 atom stereocenters. The standard InChI is InChI=1S/C8H5BrClNO/c9-6-7-4(1-2-11-7)3-5(10)8(6)12/h1-3,11-12H. The van der Waals surface area contributed by atoms with Gasteiger partial charge in [-0.05, 0) is 28.1 Å². The van der Waals surface area contributed by atoms with Crippen molar-refractivity contribution < 1.29 is 5.11 Å². The van der Waals surface area contributed by atoms with Crippen LogP contribution in [-0.2, 0) is 0 Å². The smallest absolute Gasteiger partial charge is 0.150 e. The highest BCUT2D eigenvalue weighted by Gasteiger charge is 2.08. The van der Waals surface area contributed by atoms with E-state index >= 15 is 0 Å². The predicted octanol–water partition coefficient (Wildman–Crippen LogP) is 3.29. The minimum Gasteiger partial charge on any atom is -0.505 e. The molecule has 1 aromatic heterocycles. The minimum atomic E-state index is 0.0756. The number of halogens is 2. The van der Waals surface area contributed by atoms with E-state index in [9.17, 15) is 5.11 Å². The van der Waals surface area contributed by atoms with Crippen LogP contribution in [0, 0.1) is 0 Å².